The fourth-order valence-corrected chi connectivity index (χ4v) is 4.82. The number of ether oxygens (including phenoxy) is 1. The molecule has 0 aliphatic heterocycles. The zero-order valence-corrected chi connectivity index (χ0v) is 12.2. The average Bonchev–Trinajstić information content (AvgIpc) is 2.93. The van der Waals surface area contributed by atoms with Gasteiger partial charge < -0.3 is 9.84 Å². The van der Waals surface area contributed by atoms with E-state index in [2.05, 4.69) is 12.1 Å². The molecule has 2 bridgehead atoms. The lowest BCUT2D eigenvalue weighted by atomic mass is 9.59. The number of aliphatic hydroxyl groups excluding tert-OH is 1. The Kier molecular flexibility index (Phi) is 2.93. The van der Waals surface area contributed by atoms with E-state index in [0.717, 1.165) is 24.0 Å². The van der Waals surface area contributed by atoms with Crippen LogP contribution in [-0.2, 0) is 9.53 Å². The van der Waals surface area contributed by atoms with Crippen molar-refractivity contribution in [3.8, 4) is 0 Å². The number of rotatable bonds is 3. The Morgan fingerprint density at radius 3 is 2.71 bits per heavy atom. The summed E-state index contributed by atoms with van der Waals surface area (Å²) in [7, 11) is 0. The van der Waals surface area contributed by atoms with Crippen molar-refractivity contribution in [1.29, 1.82) is 0 Å². The van der Waals surface area contributed by atoms with Crippen LogP contribution in [0.4, 0.5) is 0 Å². The molecule has 1 aromatic rings. The van der Waals surface area contributed by atoms with Crippen molar-refractivity contribution in [2.24, 2.45) is 23.7 Å². The summed E-state index contributed by atoms with van der Waals surface area (Å²) in [5.41, 5.74) is 3.15. The van der Waals surface area contributed by atoms with Crippen LogP contribution in [0.3, 0.4) is 0 Å². The lowest BCUT2D eigenvalue weighted by Gasteiger charge is -2.45. The monoisotopic (exact) mass is 284 g/mol. The van der Waals surface area contributed by atoms with Gasteiger partial charge in [0.2, 0.25) is 0 Å². The number of carbonyl (C=O) groups is 1. The first-order valence-corrected chi connectivity index (χ1v) is 7.87. The summed E-state index contributed by atoms with van der Waals surface area (Å²) in [6, 6.07) is 10.2. The van der Waals surface area contributed by atoms with E-state index in [1.165, 1.54) is 5.57 Å². The molecule has 0 heterocycles. The van der Waals surface area contributed by atoms with E-state index < -0.39 is 0 Å². The number of fused-ring (bicyclic) bond motifs is 5. The van der Waals surface area contributed by atoms with Crippen molar-refractivity contribution in [1.82, 2.24) is 0 Å². The summed E-state index contributed by atoms with van der Waals surface area (Å²) >= 11 is 0. The van der Waals surface area contributed by atoms with E-state index in [-0.39, 0.29) is 23.9 Å². The van der Waals surface area contributed by atoms with Gasteiger partial charge >= 0.3 is 5.97 Å². The summed E-state index contributed by atoms with van der Waals surface area (Å²) in [5.74, 6) is 1.26. The highest BCUT2D eigenvalue weighted by atomic mass is 16.5. The van der Waals surface area contributed by atoms with Crippen molar-refractivity contribution in [2.45, 2.75) is 25.9 Å². The van der Waals surface area contributed by atoms with Crippen LogP contribution in [0.15, 0.2) is 35.9 Å². The summed E-state index contributed by atoms with van der Waals surface area (Å²) < 4.78 is 5.27. The van der Waals surface area contributed by atoms with Crippen LogP contribution in [-0.4, -0.2) is 23.8 Å². The molecule has 21 heavy (non-hydrogen) atoms. The maximum absolute atomic E-state index is 12.4. The Hall–Kier alpha value is -1.61. The van der Waals surface area contributed by atoms with Gasteiger partial charge in [-0.1, -0.05) is 30.3 Å². The van der Waals surface area contributed by atoms with Crippen molar-refractivity contribution >= 4 is 11.5 Å². The van der Waals surface area contributed by atoms with Crippen molar-refractivity contribution in [3.63, 3.8) is 0 Å². The second-order valence-corrected chi connectivity index (χ2v) is 6.43. The van der Waals surface area contributed by atoms with E-state index in [0.29, 0.717) is 18.4 Å². The summed E-state index contributed by atoms with van der Waals surface area (Å²) in [5, 5.41) is 10.2. The van der Waals surface area contributed by atoms with Gasteiger partial charge in [0.1, 0.15) is 0 Å². The molecule has 0 saturated heterocycles. The molecule has 1 N–H and O–H groups in total. The number of esters is 1. The number of benzene rings is 1. The Morgan fingerprint density at radius 1 is 1.24 bits per heavy atom. The van der Waals surface area contributed by atoms with E-state index >= 15 is 0 Å². The topological polar surface area (TPSA) is 46.5 Å². The van der Waals surface area contributed by atoms with Gasteiger partial charge in [-0.25, -0.2) is 4.79 Å². The Bertz CT molecular complexity index is 604. The van der Waals surface area contributed by atoms with Crippen LogP contribution in [0.25, 0.3) is 5.57 Å². The van der Waals surface area contributed by atoms with E-state index in [4.69, 9.17) is 4.74 Å². The smallest absolute Gasteiger partial charge is 0.334 e. The molecule has 1 aromatic carbocycles. The first-order chi connectivity index (χ1) is 10.2. The van der Waals surface area contributed by atoms with E-state index in [1.54, 1.807) is 0 Å². The largest absolute Gasteiger partial charge is 0.463 e. The van der Waals surface area contributed by atoms with Crippen molar-refractivity contribution in [3.05, 3.63) is 41.5 Å². The highest BCUT2D eigenvalue weighted by Gasteiger charge is 2.61. The summed E-state index contributed by atoms with van der Waals surface area (Å²) in [6.45, 7) is 2.24. The zero-order valence-electron chi connectivity index (χ0n) is 12.2. The molecule has 3 heteroatoms. The molecule has 2 fully saturated rings. The molecule has 3 aliphatic rings. The lowest BCUT2D eigenvalue weighted by Crippen LogP contribution is -2.43. The minimum Gasteiger partial charge on any atom is -0.463 e. The lowest BCUT2D eigenvalue weighted by molar-refractivity contribution is -0.140. The molecule has 0 spiro atoms. The number of hydrogen-bond donors (Lipinski definition) is 1. The fourth-order valence-electron chi connectivity index (χ4n) is 4.82. The molecule has 0 radical (unpaired) electrons. The standard InChI is InChI=1S/C18H20O3/c1-2-21-18(20)17-14(10-6-4-3-5-7-10)15-11-8-12(16(15)17)13(19)9-11/h3-7,11-13,15-16,19H,2,8-9H2,1H3/t11-,12+,13-,15+,16+/m1/s1. The fraction of sp³-hybridized carbons (Fsp3) is 0.500. The molecule has 0 amide bonds. The molecular formula is C18H20O3. The van der Waals surface area contributed by atoms with Gasteiger partial charge in [0.25, 0.3) is 0 Å². The Balaban J connectivity index is 1.78. The van der Waals surface area contributed by atoms with Gasteiger partial charge in [0, 0.05) is 11.5 Å². The molecule has 0 unspecified atom stereocenters. The van der Waals surface area contributed by atoms with Crippen LogP contribution < -0.4 is 0 Å². The van der Waals surface area contributed by atoms with Crippen LogP contribution >= 0.6 is 0 Å². The van der Waals surface area contributed by atoms with Crippen LogP contribution in [0.5, 0.6) is 0 Å². The second-order valence-electron chi connectivity index (χ2n) is 6.43. The molecule has 3 nitrogen and oxygen atoms in total. The van der Waals surface area contributed by atoms with Crippen molar-refractivity contribution in [2.75, 3.05) is 6.61 Å². The van der Waals surface area contributed by atoms with Crippen molar-refractivity contribution < 1.29 is 14.6 Å². The molecule has 3 aliphatic carbocycles. The molecular weight excluding hydrogens is 264 g/mol. The number of aliphatic hydroxyl groups is 1. The molecule has 5 atom stereocenters. The number of carbonyl (C=O) groups excluding carboxylic acids is 1. The minimum absolute atomic E-state index is 0.183. The van der Waals surface area contributed by atoms with Crippen LogP contribution in [0.1, 0.15) is 25.3 Å². The maximum Gasteiger partial charge on any atom is 0.334 e. The maximum atomic E-state index is 12.4. The summed E-state index contributed by atoms with van der Waals surface area (Å²) in [4.78, 5) is 12.4. The molecule has 0 aromatic heterocycles. The normalized spacial score (nSPS) is 36.4. The van der Waals surface area contributed by atoms with Gasteiger partial charge in [-0.05, 0) is 48.7 Å². The SMILES string of the molecule is CCOC(=O)C1=C(c2ccccc2)[C@@H]2[C@@H]3C[C@H]([C@H]12)[C@H](O)C3. The summed E-state index contributed by atoms with van der Waals surface area (Å²) in [6.07, 6.45) is 1.70. The van der Waals surface area contributed by atoms with Crippen LogP contribution in [0, 0.1) is 23.7 Å². The second kappa shape index (κ2) is 4.70. The highest BCUT2D eigenvalue weighted by Crippen LogP contribution is 2.66. The first-order valence-electron chi connectivity index (χ1n) is 7.87. The number of allylic oxidation sites excluding steroid dienone is 1. The van der Waals surface area contributed by atoms with Gasteiger partial charge in [0.05, 0.1) is 12.7 Å². The average molecular weight is 284 g/mol. The van der Waals surface area contributed by atoms with Gasteiger partial charge in [-0.3, -0.25) is 0 Å². The molecule has 2 saturated carbocycles. The first kappa shape index (κ1) is 13.1. The van der Waals surface area contributed by atoms with Gasteiger partial charge in [0.15, 0.2) is 0 Å². The highest BCUT2D eigenvalue weighted by molar-refractivity contribution is 6.03. The predicted molar refractivity (Wildman–Crippen MR) is 79.2 cm³/mol. The third-order valence-corrected chi connectivity index (χ3v) is 5.51. The Morgan fingerprint density at radius 2 is 2.00 bits per heavy atom. The minimum atomic E-state index is -0.238. The molecule has 4 rings (SSSR count). The van der Waals surface area contributed by atoms with Gasteiger partial charge in [-0.2, -0.15) is 0 Å². The van der Waals surface area contributed by atoms with Gasteiger partial charge in [-0.15, -0.1) is 0 Å². The predicted octanol–water partition coefficient (Wildman–Crippen LogP) is 2.65. The van der Waals surface area contributed by atoms with E-state index in [9.17, 15) is 9.90 Å². The molecule has 110 valence electrons. The Labute approximate surface area is 124 Å². The number of hydrogen-bond acceptors (Lipinski definition) is 3. The quantitative estimate of drug-likeness (QED) is 0.868. The third-order valence-electron chi connectivity index (χ3n) is 5.51. The van der Waals surface area contributed by atoms with Crippen LogP contribution in [0.2, 0.25) is 0 Å². The zero-order chi connectivity index (χ0) is 14.6. The third kappa shape index (κ3) is 1.73. The van der Waals surface area contributed by atoms with E-state index in [1.807, 2.05) is 25.1 Å².